The molecule has 3 atom stereocenters. The van der Waals surface area contributed by atoms with Gasteiger partial charge in [0.05, 0.1) is 33.8 Å². The highest BCUT2D eigenvalue weighted by Gasteiger charge is 2.27. The minimum Gasteiger partial charge on any atom is -0.756 e. The molecular formula is C61H115N2O7P. The predicted octanol–water partition coefficient (Wildman–Crippen LogP) is 17.5. The normalized spacial score (nSPS) is 14.1. The lowest BCUT2D eigenvalue weighted by molar-refractivity contribution is -0.870. The van der Waals surface area contributed by atoms with E-state index in [0.29, 0.717) is 17.4 Å². The molecule has 9 nitrogen and oxygen atoms in total. The zero-order valence-electron chi connectivity index (χ0n) is 47.4. The number of nitrogens with one attached hydrogen (secondary N) is 1. The second-order valence-electron chi connectivity index (χ2n) is 21.5. The summed E-state index contributed by atoms with van der Waals surface area (Å²) in [5.41, 5.74) is 0. The van der Waals surface area contributed by atoms with E-state index in [1.54, 1.807) is 0 Å². The second kappa shape index (κ2) is 51.5. The Balaban J connectivity index is 5.35. The molecule has 0 aliphatic heterocycles. The Morgan fingerprint density at radius 3 is 1.31 bits per heavy atom. The number of likely N-dealkylation sites (N-methyl/N-ethyl adjacent to an activating group) is 1. The van der Waals surface area contributed by atoms with Crippen LogP contribution < -0.4 is 10.2 Å². The molecule has 0 radical (unpaired) electrons. The Kier molecular flexibility index (Phi) is 50.0. The number of hydrogen-bond acceptors (Lipinski definition) is 7. The van der Waals surface area contributed by atoms with Crippen LogP contribution in [0.1, 0.15) is 278 Å². The van der Waals surface area contributed by atoms with Crippen molar-refractivity contribution in [2.24, 2.45) is 0 Å². The molecule has 0 bridgehead atoms. The third-order valence-electron chi connectivity index (χ3n) is 13.2. The Morgan fingerprint density at radius 1 is 0.493 bits per heavy atom. The smallest absolute Gasteiger partial charge is 0.306 e. The summed E-state index contributed by atoms with van der Waals surface area (Å²) >= 11 is 0. The summed E-state index contributed by atoms with van der Waals surface area (Å²) < 4.78 is 30.2. The summed E-state index contributed by atoms with van der Waals surface area (Å²) in [5.74, 6) is -0.615. The summed E-state index contributed by atoms with van der Waals surface area (Å²) in [7, 11) is 1.16. The van der Waals surface area contributed by atoms with Crippen molar-refractivity contribution in [2.45, 2.75) is 290 Å². The number of phosphoric ester groups is 1. The van der Waals surface area contributed by atoms with Gasteiger partial charge in [0, 0.05) is 12.8 Å². The first-order valence-electron chi connectivity index (χ1n) is 29.9. The topological polar surface area (TPSA) is 114 Å². The van der Waals surface area contributed by atoms with E-state index in [2.05, 4.69) is 56.5 Å². The molecule has 0 fully saturated rings. The fourth-order valence-electron chi connectivity index (χ4n) is 8.57. The number of carbonyl (C=O) groups is 2. The molecule has 0 heterocycles. The van der Waals surface area contributed by atoms with Crippen LogP contribution in [0.2, 0.25) is 0 Å². The van der Waals surface area contributed by atoms with Gasteiger partial charge in [0.15, 0.2) is 0 Å². The number of hydrogen-bond donors (Lipinski definition) is 1. The number of esters is 1. The molecule has 10 heteroatoms. The van der Waals surface area contributed by atoms with E-state index in [1.165, 1.54) is 186 Å². The molecule has 0 aliphatic rings. The van der Waals surface area contributed by atoms with Crippen LogP contribution in [0.15, 0.2) is 48.6 Å². The van der Waals surface area contributed by atoms with E-state index in [1.807, 2.05) is 39.4 Å². The maximum Gasteiger partial charge on any atom is 0.306 e. The quantitative estimate of drug-likeness (QED) is 0.0212. The van der Waals surface area contributed by atoms with E-state index in [-0.39, 0.29) is 31.3 Å². The van der Waals surface area contributed by atoms with Crippen molar-refractivity contribution >= 4 is 19.7 Å². The molecule has 71 heavy (non-hydrogen) atoms. The lowest BCUT2D eigenvalue weighted by atomic mass is 10.0. The van der Waals surface area contributed by atoms with E-state index in [0.717, 1.165) is 51.4 Å². The van der Waals surface area contributed by atoms with Crippen molar-refractivity contribution in [3.8, 4) is 0 Å². The number of unbranched alkanes of at least 4 members (excludes halogenated alkanes) is 32. The third kappa shape index (κ3) is 52.6. The van der Waals surface area contributed by atoms with Crippen LogP contribution >= 0.6 is 7.82 Å². The number of quaternary nitrogens is 1. The maximum atomic E-state index is 13.4. The average molecular weight is 1020 g/mol. The number of amides is 1. The van der Waals surface area contributed by atoms with Crippen LogP contribution in [0.25, 0.3) is 0 Å². The zero-order chi connectivity index (χ0) is 52.2. The van der Waals surface area contributed by atoms with Gasteiger partial charge in [-0.05, 0) is 76.7 Å². The predicted molar refractivity (Wildman–Crippen MR) is 302 cm³/mol. The molecule has 0 rings (SSSR count). The third-order valence-corrected chi connectivity index (χ3v) is 14.2. The highest BCUT2D eigenvalue weighted by Crippen LogP contribution is 2.38. The number of carbonyl (C=O) groups excluding carboxylic acids is 2. The Hall–Kier alpha value is -2.03. The lowest BCUT2D eigenvalue weighted by Gasteiger charge is -2.30. The van der Waals surface area contributed by atoms with Crippen molar-refractivity contribution < 1.29 is 37.3 Å². The van der Waals surface area contributed by atoms with Gasteiger partial charge in [-0.1, -0.05) is 237 Å². The zero-order valence-corrected chi connectivity index (χ0v) is 48.3. The summed E-state index contributed by atoms with van der Waals surface area (Å²) in [5, 5.41) is 2.98. The van der Waals surface area contributed by atoms with Crippen LogP contribution in [-0.2, 0) is 27.9 Å². The highest BCUT2D eigenvalue weighted by atomic mass is 31.2. The van der Waals surface area contributed by atoms with Crippen molar-refractivity contribution in [2.75, 3.05) is 40.9 Å². The van der Waals surface area contributed by atoms with Crippen LogP contribution in [-0.4, -0.2) is 69.4 Å². The largest absolute Gasteiger partial charge is 0.756 e. The summed E-state index contributed by atoms with van der Waals surface area (Å²) in [4.78, 5) is 39.8. The molecule has 0 aliphatic carbocycles. The van der Waals surface area contributed by atoms with Crippen LogP contribution in [0, 0.1) is 0 Å². The Bertz CT molecular complexity index is 1360. The monoisotopic (exact) mass is 1020 g/mol. The molecule has 1 N–H and O–H groups in total. The minimum atomic E-state index is -4.71. The molecule has 0 spiro atoms. The molecule has 0 saturated heterocycles. The summed E-state index contributed by atoms with van der Waals surface area (Å²) in [6.07, 6.45) is 62.3. The van der Waals surface area contributed by atoms with Crippen LogP contribution in [0.4, 0.5) is 0 Å². The molecule has 0 aromatic heterocycles. The molecule has 1 amide bonds. The first-order valence-corrected chi connectivity index (χ1v) is 31.4. The maximum absolute atomic E-state index is 13.4. The van der Waals surface area contributed by atoms with Gasteiger partial charge in [-0.2, -0.15) is 0 Å². The average Bonchev–Trinajstić information content (AvgIpc) is 3.33. The second-order valence-corrected chi connectivity index (χ2v) is 22.9. The molecular weight excluding hydrogens is 904 g/mol. The van der Waals surface area contributed by atoms with Gasteiger partial charge in [-0.25, -0.2) is 0 Å². The van der Waals surface area contributed by atoms with Crippen molar-refractivity contribution in [3.63, 3.8) is 0 Å². The van der Waals surface area contributed by atoms with Crippen molar-refractivity contribution in [3.05, 3.63) is 48.6 Å². The molecule has 3 unspecified atom stereocenters. The van der Waals surface area contributed by atoms with Crippen LogP contribution in [0.5, 0.6) is 0 Å². The number of rotatable bonds is 54. The van der Waals surface area contributed by atoms with E-state index >= 15 is 0 Å². The fraction of sp³-hybridized carbons (Fsp3) is 0.836. The number of ether oxygens (including phenoxy) is 1. The molecule has 0 aromatic carbocycles. The molecule has 0 aromatic rings. The summed E-state index contributed by atoms with van der Waals surface area (Å²) in [6, 6.07) is -0.917. The fourth-order valence-corrected chi connectivity index (χ4v) is 9.29. The Morgan fingerprint density at radius 2 is 0.873 bits per heavy atom. The SMILES string of the molecule is CCCCCCCC/C=C\C/C=C/CCC(=O)NC(COP(=O)([O-])OCC[N+](C)(C)C)C(/C=C\CCCCCCCCCCCCC)OC(=O)CCCCCCCCCCC/C=C/CCCCCCCC. The minimum absolute atomic E-state index is 0.0313. The van der Waals surface area contributed by atoms with Gasteiger partial charge in [0.1, 0.15) is 19.3 Å². The van der Waals surface area contributed by atoms with Gasteiger partial charge in [0.25, 0.3) is 7.82 Å². The van der Waals surface area contributed by atoms with E-state index in [4.69, 9.17) is 13.8 Å². The lowest BCUT2D eigenvalue weighted by Crippen LogP contribution is -2.47. The van der Waals surface area contributed by atoms with E-state index in [9.17, 15) is 19.0 Å². The van der Waals surface area contributed by atoms with Gasteiger partial charge in [0.2, 0.25) is 5.91 Å². The number of nitrogens with zero attached hydrogens (tertiary/aromatic N) is 1. The number of allylic oxidation sites excluding steroid dienone is 7. The van der Waals surface area contributed by atoms with Gasteiger partial charge < -0.3 is 28.5 Å². The van der Waals surface area contributed by atoms with Gasteiger partial charge >= 0.3 is 5.97 Å². The van der Waals surface area contributed by atoms with Crippen molar-refractivity contribution in [1.82, 2.24) is 5.32 Å². The highest BCUT2D eigenvalue weighted by molar-refractivity contribution is 7.45. The first kappa shape index (κ1) is 69.0. The van der Waals surface area contributed by atoms with Gasteiger partial charge in [-0.15, -0.1) is 0 Å². The van der Waals surface area contributed by atoms with E-state index < -0.39 is 26.6 Å². The van der Waals surface area contributed by atoms with Crippen LogP contribution in [0.3, 0.4) is 0 Å². The van der Waals surface area contributed by atoms with Crippen molar-refractivity contribution in [1.29, 1.82) is 0 Å². The van der Waals surface area contributed by atoms with Gasteiger partial charge in [-0.3, -0.25) is 14.2 Å². The number of phosphoric acid groups is 1. The molecule has 0 saturated carbocycles. The molecule has 416 valence electrons. The Labute approximate surface area is 439 Å². The first-order chi connectivity index (χ1) is 34.4. The summed E-state index contributed by atoms with van der Waals surface area (Å²) in [6.45, 7) is 6.80. The standard InChI is InChI=1S/C61H115N2O7P/c1-7-10-13-16-19-22-25-28-29-30-31-32-33-36-39-42-45-48-51-54-61(65)70-59(52-49-46-43-40-37-34-26-23-20-17-14-11-8-2)58(57-69-71(66,67)68-56-55-63(4,5)6)62-60(64)53-50-47-44-41-38-35-27-24-21-18-15-12-9-3/h28-29,35,38,44,47,49,52,58-59H,7-27,30-34,36-37,39-43,45-46,48,50-51,53-57H2,1-6H3,(H-,62,64,66,67)/b29-28+,38-35-,47-44+,52-49-.